The summed E-state index contributed by atoms with van der Waals surface area (Å²) < 4.78 is 27.0. The summed E-state index contributed by atoms with van der Waals surface area (Å²) in [7, 11) is -1.79. The lowest BCUT2D eigenvalue weighted by atomic mass is 9.95. The van der Waals surface area contributed by atoms with E-state index in [2.05, 4.69) is 9.62 Å². The molecule has 1 N–H and O–H groups in total. The fourth-order valence-electron chi connectivity index (χ4n) is 2.38. The van der Waals surface area contributed by atoms with E-state index in [0.717, 1.165) is 19.2 Å². The van der Waals surface area contributed by atoms with Gasteiger partial charge in [0.15, 0.2) is 4.34 Å². The first-order valence-corrected chi connectivity index (χ1v) is 9.03. The van der Waals surface area contributed by atoms with E-state index in [-0.39, 0.29) is 26.2 Å². The second-order valence-electron chi connectivity index (χ2n) is 5.24. The lowest BCUT2D eigenvalue weighted by molar-refractivity contribution is -0.384. The van der Waals surface area contributed by atoms with Crippen LogP contribution in [0.4, 0.5) is 5.69 Å². The maximum absolute atomic E-state index is 12.3. The molecule has 2 rings (SSSR count). The summed E-state index contributed by atoms with van der Waals surface area (Å²) in [6.45, 7) is 3.59. The second kappa shape index (κ2) is 6.17. The number of nitro groups is 1. The highest BCUT2D eigenvalue weighted by Crippen LogP contribution is 2.36. The Morgan fingerprint density at radius 1 is 1.57 bits per heavy atom. The molecule has 0 bridgehead atoms. The van der Waals surface area contributed by atoms with Crippen molar-refractivity contribution in [1.29, 1.82) is 0 Å². The van der Waals surface area contributed by atoms with Gasteiger partial charge in [0.05, 0.1) is 4.92 Å². The molecule has 0 spiro atoms. The molecule has 2 unspecified atom stereocenters. The molecule has 0 aliphatic carbocycles. The quantitative estimate of drug-likeness (QED) is 0.659. The predicted molar refractivity (Wildman–Crippen MR) is 81.4 cm³/mol. The third kappa shape index (κ3) is 3.72. The first-order valence-electron chi connectivity index (χ1n) is 6.35. The molecule has 1 aromatic heterocycles. The van der Waals surface area contributed by atoms with Crippen LogP contribution in [0.2, 0.25) is 4.34 Å². The van der Waals surface area contributed by atoms with E-state index in [0.29, 0.717) is 17.8 Å². The molecule has 0 aromatic carbocycles. The topological polar surface area (TPSA) is 92.6 Å². The lowest BCUT2D eigenvalue weighted by Crippen LogP contribution is -2.48. The van der Waals surface area contributed by atoms with Crippen molar-refractivity contribution in [3.05, 3.63) is 20.5 Å². The Kier molecular flexibility index (Phi) is 4.89. The largest absolute Gasteiger partial charge is 0.306 e. The van der Waals surface area contributed by atoms with Crippen LogP contribution in [0.25, 0.3) is 0 Å². The maximum atomic E-state index is 12.3. The minimum absolute atomic E-state index is 0.120. The lowest BCUT2D eigenvalue weighted by Gasteiger charge is -2.34. The maximum Gasteiger partial charge on any atom is 0.300 e. The summed E-state index contributed by atoms with van der Waals surface area (Å²) in [6, 6.07) is 0.834. The standard InChI is InChI=1S/C11H16ClN3O4S2/c1-7-6-14(2)4-3-8(7)13-21(18,19)10-5-9(15(16)17)11(12)20-10/h5,7-8,13H,3-4,6H2,1-2H3. The average molecular weight is 354 g/mol. The molecule has 1 fully saturated rings. The predicted octanol–water partition coefficient (Wildman–Crippen LogP) is 1.93. The van der Waals surface area contributed by atoms with Crippen molar-refractivity contribution in [3.8, 4) is 0 Å². The summed E-state index contributed by atoms with van der Waals surface area (Å²) in [6.07, 6.45) is 0.706. The molecule has 7 nitrogen and oxygen atoms in total. The first kappa shape index (κ1) is 16.6. The normalized spacial score (nSPS) is 24.1. The van der Waals surface area contributed by atoms with Gasteiger partial charge in [0, 0.05) is 18.7 Å². The zero-order valence-corrected chi connectivity index (χ0v) is 14.0. The van der Waals surface area contributed by atoms with Crippen LogP contribution >= 0.6 is 22.9 Å². The van der Waals surface area contributed by atoms with Crippen LogP contribution in [0.5, 0.6) is 0 Å². The van der Waals surface area contributed by atoms with Crippen molar-refractivity contribution >= 4 is 38.6 Å². The van der Waals surface area contributed by atoms with Gasteiger partial charge in [-0.3, -0.25) is 10.1 Å². The van der Waals surface area contributed by atoms with Gasteiger partial charge in [0.2, 0.25) is 0 Å². The van der Waals surface area contributed by atoms with E-state index in [1.807, 2.05) is 14.0 Å². The first-order chi connectivity index (χ1) is 9.70. The summed E-state index contributed by atoms with van der Waals surface area (Å²) in [5, 5.41) is 10.7. The van der Waals surface area contributed by atoms with Gasteiger partial charge in [-0.2, -0.15) is 0 Å². The molecule has 0 saturated carbocycles. The van der Waals surface area contributed by atoms with Crippen molar-refractivity contribution < 1.29 is 13.3 Å². The molecule has 1 aliphatic rings. The highest BCUT2D eigenvalue weighted by atomic mass is 35.5. The number of nitrogens with one attached hydrogen (secondary N) is 1. The molecule has 1 aliphatic heterocycles. The Morgan fingerprint density at radius 3 is 2.76 bits per heavy atom. The van der Waals surface area contributed by atoms with Gasteiger partial charge in [-0.05, 0) is 25.9 Å². The van der Waals surface area contributed by atoms with Gasteiger partial charge >= 0.3 is 0 Å². The SMILES string of the molecule is CC1CN(C)CCC1NS(=O)(=O)c1cc([N+](=O)[O-])c(Cl)s1. The fraction of sp³-hybridized carbons (Fsp3) is 0.636. The molecule has 10 heteroatoms. The molecule has 118 valence electrons. The summed E-state index contributed by atoms with van der Waals surface area (Å²) in [5.41, 5.74) is -0.376. The van der Waals surface area contributed by atoms with Gasteiger partial charge in [0.1, 0.15) is 4.21 Å². The third-order valence-electron chi connectivity index (χ3n) is 3.52. The van der Waals surface area contributed by atoms with Crippen LogP contribution in [-0.4, -0.2) is 44.4 Å². The molecule has 2 heterocycles. The average Bonchev–Trinajstić information content (AvgIpc) is 2.76. The number of rotatable bonds is 4. The van der Waals surface area contributed by atoms with Crippen molar-refractivity contribution in [2.45, 2.75) is 23.6 Å². The summed E-state index contributed by atoms with van der Waals surface area (Å²) >= 11 is 6.42. The van der Waals surface area contributed by atoms with Gasteiger partial charge in [-0.15, -0.1) is 11.3 Å². The van der Waals surface area contributed by atoms with E-state index in [1.54, 1.807) is 0 Å². The van der Waals surface area contributed by atoms with E-state index in [9.17, 15) is 18.5 Å². The second-order valence-corrected chi connectivity index (χ2v) is 8.83. The number of nitrogens with zero attached hydrogens (tertiary/aromatic N) is 2. The van der Waals surface area contributed by atoms with Crippen LogP contribution in [-0.2, 0) is 10.0 Å². The van der Waals surface area contributed by atoms with Crippen LogP contribution in [0.3, 0.4) is 0 Å². The fourth-order valence-corrected chi connectivity index (χ4v) is 5.44. The highest BCUT2D eigenvalue weighted by molar-refractivity contribution is 7.91. The van der Waals surface area contributed by atoms with E-state index < -0.39 is 14.9 Å². The van der Waals surface area contributed by atoms with Crippen LogP contribution in [0, 0.1) is 16.0 Å². The van der Waals surface area contributed by atoms with Gasteiger partial charge in [-0.25, -0.2) is 13.1 Å². The smallest absolute Gasteiger partial charge is 0.300 e. The van der Waals surface area contributed by atoms with Crippen LogP contribution < -0.4 is 4.72 Å². The Morgan fingerprint density at radius 2 is 2.24 bits per heavy atom. The van der Waals surface area contributed by atoms with E-state index >= 15 is 0 Å². The Labute approximate surface area is 132 Å². The van der Waals surface area contributed by atoms with E-state index in [1.165, 1.54) is 0 Å². The molecule has 0 amide bonds. The number of hydrogen-bond donors (Lipinski definition) is 1. The minimum atomic E-state index is -3.78. The molecule has 1 aromatic rings. The number of hydrogen-bond acceptors (Lipinski definition) is 6. The Bertz CT molecular complexity index is 646. The minimum Gasteiger partial charge on any atom is -0.306 e. The zero-order valence-electron chi connectivity index (χ0n) is 11.6. The summed E-state index contributed by atoms with van der Waals surface area (Å²) in [5.74, 6) is 0.170. The third-order valence-corrected chi connectivity index (χ3v) is 6.82. The Hall–Kier alpha value is -0.740. The van der Waals surface area contributed by atoms with Crippen LogP contribution in [0.15, 0.2) is 10.3 Å². The molecular formula is C11H16ClN3O4S2. The van der Waals surface area contributed by atoms with E-state index in [4.69, 9.17) is 11.6 Å². The van der Waals surface area contributed by atoms with Gasteiger partial charge < -0.3 is 4.90 Å². The van der Waals surface area contributed by atoms with Gasteiger partial charge in [-0.1, -0.05) is 18.5 Å². The van der Waals surface area contributed by atoms with Gasteiger partial charge in [0.25, 0.3) is 15.7 Å². The Balaban J connectivity index is 2.19. The molecule has 1 saturated heterocycles. The molecule has 2 atom stereocenters. The molecule has 21 heavy (non-hydrogen) atoms. The summed E-state index contributed by atoms with van der Waals surface area (Å²) in [4.78, 5) is 12.2. The molecule has 0 radical (unpaired) electrons. The number of piperidine rings is 1. The highest BCUT2D eigenvalue weighted by Gasteiger charge is 2.31. The number of halogens is 1. The van der Waals surface area contributed by atoms with Crippen molar-refractivity contribution in [1.82, 2.24) is 9.62 Å². The molecular weight excluding hydrogens is 338 g/mol. The number of thiophene rings is 1. The van der Waals surface area contributed by atoms with Crippen molar-refractivity contribution in [3.63, 3.8) is 0 Å². The zero-order chi connectivity index (χ0) is 15.8. The monoisotopic (exact) mass is 353 g/mol. The van der Waals surface area contributed by atoms with Crippen molar-refractivity contribution in [2.75, 3.05) is 20.1 Å². The van der Waals surface area contributed by atoms with Crippen molar-refractivity contribution in [2.24, 2.45) is 5.92 Å². The number of sulfonamides is 1. The number of likely N-dealkylation sites (tertiary alicyclic amines) is 1. The van der Waals surface area contributed by atoms with Crippen LogP contribution in [0.1, 0.15) is 13.3 Å².